The zero-order valence-corrected chi connectivity index (χ0v) is 18.2. The van der Waals surface area contributed by atoms with E-state index < -0.39 is 0 Å². The minimum atomic E-state index is -0.0322. The third kappa shape index (κ3) is 5.04. The van der Waals surface area contributed by atoms with Crippen molar-refractivity contribution in [2.45, 2.75) is 39.3 Å². The van der Waals surface area contributed by atoms with Crippen LogP contribution < -0.4 is 0 Å². The highest BCUT2D eigenvalue weighted by Crippen LogP contribution is 2.35. The van der Waals surface area contributed by atoms with Gasteiger partial charge in [-0.3, -0.25) is 4.90 Å². The molecule has 1 N–H and O–H groups in total. The van der Waals surface area contributed by atoms with Crippen molar-refractivity contribution in [3.05, 3.63) is 89.0 Å². The molecule has 1 aliphatic heterocycles. The lowest BCUT2D eigenvalue weighted by atomic mass is 9.74. The first-order valence-electron chi connectivity index (χ1n) is 11.0. The summed E-state index contributed by atoms with van der Waals surface area (Å²) in [5, 5.41) is 19.8. The first kappa shape index (κ1) is 21.3. The summed E-state index contributed by atoms with van der Waals surface area (Å²) in [5.74, 6) is 0. The largest absolute Gasteiger partial charge is 0.396 e. The summed E-state index contributed by atoms with van der Waals surface area (Å²) in [7, 11) is 0. The van der Waals surface area contributed by atoms with Crippen LogP contribution in [0.5, 0.6) is 0 Å². The highest BCUT2D eigenvalue weighted by molar-refractivity contribution is 5.45. The molecule has 0 amide bonds. The number of hydrogen-bond acceptors (Lipinski definition) is 4. The van der Waals surface area contributed by atoms with E-state index in [2.05, 4.69) is 46.3 Å². The second-order valence-corrected chi connectivity index (χ2v) is 8.87. The molecule has 0 aliphatic carbocycles. The van der Waals surface area contributed by atoms with Gasteiger partial charge in [-0.1, -0.05) is 36.4 Å². The van der Waals surface area contributed by atoms with Gasteiger partial charge in [0.25, 0.3) is 0 Å². The van der Waals surface area contributed by atoms with Crippen molar-refractivity contribution in [2.24, 2.45) is 5.41 Å². The van der Waals surface area contributed by atoms with Gasteiger partial charge in [0.2, 0.25) is 0 Å². The van der Waals surface area contributed by atoms with Crippen molar-refractivity contribution in [2.75, 3.05) is 19.7 Å². The molecule has 5 heteroatoms. The molecule has 0 radical (unpaired) electrons. The summed E-state index contributed by atoms with van der Waals surface area (Å²) >= 11 is 0. The van der Waals surface area contributed by atoms with Crippen LogP contribution in [0.2, 0.25) is 0 Å². The van der Waals surface area contributed by atoms with Gasteiger partial charge in [-0.15, -0.1) is 0 Å². The van der Waals surface area contributed by atoms with Gasteiger partial charge in [-0.25, -0.2) is 4.98 Å². The molecule has 31 heavy (non-hydrogen) atoms. The maximum Gasteiger partial charge on any atom is 0.0994 e. The molecule has 1 aliphatic rings. The Bertz CT molecular complexity index is 1030. The van der Waals surface area contributed by atoms with Gasteiger partial charge < -0.3 is 9.67 Å². The molecular weight excluding hydrogens is 384 g/mol. The number of likely N-dealkylation sites (tertiary alicyclic amines) is 1. The number of piperidine rings is 1. The van der Waals surface area contributed by atoms with E-state index in [0.29, 0.717) is 0 Å². The predicted molar refractivity (Wildman–Crippen MR) is 121 cm³/mol. The topological polar surface area (TPSA) is 65.1 Å². The molecule has 0 spiro atoms. The monoisotopic (exact) mass is 414 g/mol. The molecule has 1 saturated heterocycles. The lowest BCUT2D eigenvalue weighted by Gasteiger charge is -2.41. The molecule has 3 aromatic rings. The lowest BCUT2D eigenvalue weighted by Crippen LogP contribution is -2.42. The second-order valence-electron chi connectivity index (χ2n) is 8.87. The molecule has 2 aromatic carbocycles. The number of aromatic nitrogens is 2. The molecule has 0 saturated carbocycles. The number of hydrogen-bond donors (Lipinski definition) is 1. The Labute approximate surface area is 184 Å². The molecule has 1 fully saturated rings. The fraction of sp³-hybridized carbons (Fsp3) is 0.385. The molecule has 160 valence electrons. The minimum absolute atomic E-state index is 0.0322. The Balaban J connectivity index is 1.44. The summed E-state index contributed by atoms with van der Waals surface area (Å²) in [4.78, 5) is 6.58. The van der Waals surface area contributed by atoms with E-state index >= 15 is 0 Å². The van der Waals surface area contributed by atoms with E-state index in [0.717, 1.165) is 62.1 Å². The summed E-state index contributed by atoms with van der Waals surface area (Å²) in [6.45, 7) is 5.72. The highest BCUT2D eigenvalue weighted by Gasteiger charge is 2.34. The first-order valence-corrected chi connectivity index (χ1v) is 11.0. The van der Waals surface area contributed by atoms with Gasteiger partial charge in [0.15, 0.2) is 0 Å². The third-order valence-corrected chi connectivity index (χ3v) is 6.69. The van der Waals surface area contributed by atoms with Crippen LogP contribution in [0.25, 0.3) is 0 Å². The average molecular weight is 415 g/mol. The fourth-order valence-corrected chi connectivity index (χ4v) is 4.65. The number of benzene rings is 2. The van der Waals surface area contributed by atoms with E-state index in [1.807, 2.05) is 36.1 Å². The zero-order chi connectivity index (χ0) is 21.7. The van der Waals surface area contributed by atoms with Crippen LogP contribution in [0.15, 0.2) is 61.2 Å². The van der Waals surface area contributed by atoms with Crippen molar-refractivity contribution in [1.29, 1.82) is 5.26 Å². The molecular formula is C26H30N4O. The van der Waals surface area contributed by atoms with Crippen LogP contribution in [-0.2, 0) is 19.5 Å². The van der Waals surface area contributed by atoms with Crippen LogP contribution in [0.3, 0.4) is 0 Å². The summed E-state index contributed by atoms with van der Waals surface area (Å²) < 4.78 is 2.04. The first-order chi connectivity index (χ1) is 15.1. The zero-order valence-electron chi connectivity index (χ0n) is 18.2. The normalized spacial score (nSPS) is 16.2. The van der Waals surface area contributed by atoms with Gasteiger partial charge in [0, 0.05) is 32.1 Å². The Morgan fingerprint density at radius 3 is 2.52 bits per heavy atom. The van der Waals surface area contributed by atoms with Gasteiger partial charge >= 0.3 is 0 Å². The Kier molecular flexibility index (Phi) is 6.50. The van der Waals surface area contributed by atoms with Gasteiger partial charge in [0.1, 0.15) is 0 Å². The molecule has 4 rings (SSSR count). The number of rotatable bonds is 7. The molecule has 5 nitrogen and oxygen atoms in total. The van der Waals surface area contributed by atoms with E-state index in [1.165, 1.54) is 11.1 Å². The van der Waals surface area contributed by atoms with Crippen molar-refractivity contribution >= 4 is 0 Å². The van der Waals surface area contributed by atoms with Crippen molar-refractivity contribution in [1.82, 2.24) is 14.5 Å². The number of imidazole rings is 1. The summed E-state index contributed by atoms with van der Waals surface area (Å²) in [6, 6.07) is 17.1. The molecule has 1 aromatic heterocycles. The molecule has 0 unspecified atom stereocenters. The van der Waals surface area contributed by atoms with Crippen molar-refractivity contribution in [3.8, 4) is 6.07 Å². The summed E-state index contributed by atoms with van der Waals surface area (Å²) in [5.41, 5.74) is 5.40. The van der Waals surface area contributed by atoms with Gasteiger partial charge in [-0.2, -0.15) is 5.26 Å². The maximum atomic E-state index is 10.2. The Morgan fingerprint density at radius 2 is 1.87 bits per heavy atom. The average Bonchev–Trinajstić information content (AvgIpc) is 3.31. The highest BCUT2D eigenvalue weighted by atomic mass is 16.3. The Morgan fingerprint density at radius 1 is 1.10 bits per heavy atom. The van der Waals surface area contributed by atoms with Crippen molar-refractivity contribution in [3.63, 3.8) is 0 Å². The van der Waals surface area contributed by atoms with Gasteiger partial charge in [-0.05, 0) is 73.0 Å². The lowest BCUT2D eigenvalue weighted by molar-refractivity contribution is 0.0413. The van der Waals surface area contributed by atoms with E-state index in [4.69, 9.17) is 0 Å². The molecule has 2 heterocycles. The van der Waals surface area contributed by atoms with E-state index in [9.17, 15) is 10.4 Å². The standard InChI is InChI=1S/C26H30N4O/c1-21-24(16-27)13-23(14-25(21)18-30-12-9-28-20-30)17-29-10-7-26(19-31,8-11-29)15-22-5-3-2-4-6-22/h2-6,9,12-14,20,31H,7-8,10-11,15,17-19H2,1H3. The van der Waals surface area contributed by atoms with E-state index in [-0.39, 0.29) is 12.0 Å². The quantitative estimate of drug-likeness (QED) is 0.636. The fourth-order valence-electron chi connectivity index (χ4n) is 4.65. The second kappa shape index (κ2) is 9.47. The third-order valence-electron chi connectivity index (χ3n) is 6.69. The van der Waals surface area contributed by atoms with Crippen molar-refractivity contribution < 1.29 is 5.11 Å². The number of nitriles is 1. The van der Waals surface area contributed by atoms with Crippen LogP contribution in [-0.4, -0.2) is 39.3 Å². The Hall–Kier alpha value is -2.94. The maximum absolute atomic E-state index is 10.2. The van der Waals surface area contributed by atoms with Gasteiger partial charge in [0.05, 0.1) is 18.0 Å². The predicted octanol–water partition coefficient (Wildman–Crippen LogP) is 3.93. The van der Waals surface area contributed by atoms with E-state index in [1.54, 1.807) is 6.20 Å². The molecule has 0 bridgehead atoms. The van der Waals surface area contributed by atoms with Crippen LogP contribution in [0.4, 0.5) is 0 Å². The minimum Gasteiger partial charge on any atom is -0.396 e. The molecule has 0 atom stereocenters. The SMILES string of the molecule is Cc1c(C#N)cc(CN2CCC(CO)(Cc3ccccc3)CC2)cc1Cn1ccnc1. The van der Waals surface area contributed by atoms with Crippen LogP contribution in [0.1, 0.15) is 40.7 Å². The number of aliphatic hydroxyl groups is 1. The number of aliphatic hydroxyl groups excluding tert-OH is 1. The van der Waals surface area contributed by atoms with Crippen LogP contribution in [0, 0.1) is 23.7 Å². The summed E-state index contributed by atoms with van der Waals surface area (Å²) in [6.07, 6.45) is 8.43. The number of nitrogens with zero attached hydrogens (tertiary/aromatic N) is 4. The van der Waals surface area contributed by atoms with Crippen LogP contribution >= 0.6 is 0 Å². The smallest absolute Gasteiger partial charge is 0.0994 e.